The van der Waals surface area contributed by atoms with Crippen LogP contribution in [0.15, 0.2) is 41.3 Å². The van der Waals surface area contributed by atoms with Gasteiger partial charge in [0, 0.05) is 4.90 Å². The Hall–Kier alpha value is -1.94. The summed E-state index contributed by atoms with van der Waals surface area (Å²) in [5.74, 6) is 0.151. The van der Waals surface area contributed by atoms with E-state index in [1.165, 1.54) is 11.8 Å². The fourth-order valence-corrected chi connectivity index (χ4v) is 3.19. The average Bonchev–Trinajstić information content (AvgIpc) is 2.43. The van der Waals surface area contributed by atoms with Gasteiger partial charge in [0.15, 0.2) is 0 Å². The van der Waals surface area contributed by atoms with Gasteiger partial charge in [0.05, 0.1) is 5.56 Å². The first-order chi connectivity index (χ1) is 9.56. The van der Waals surface area contributed by atoms with Crippen molar-refractivity contribution in [1.82, 2.24) is 0 Å². The molecule has 0 aromatic heterocycles. The zero-order chi connectivity index (χ0) is 14.7. The summed E-state index contributed by atoms with van der Waals surface area (Å²) in [4.78, 5) is 12.3. The summed E-state index contributed by atoms with van der Waals surface area (Å²) in [6.07, 6.45) is 0. The van der Waals surface area contributed by atoms with E-state index in [0.717, 1.165) is 27.3 Å². The van der Waals surface area contributed by atoms with Gasteiger partial charge in [0.25, 0.3) is 5.91 Å². The van der Waals surface area contributed by atoms with Gasteiger partial charge in [-0.25, -0.2) is 0 Å². The molecular weight excluding hydrogens is 270 g/mol. The summed E-state index contributed by atoms with van der Waals surface area (Å²) in [7, 11) is 0. The fourth-order valence-electron chi connectivity index (χ4n) is 2.22. The summed E-state index contributed by atoms with van der Waals surface area (Å²) in [6, 6.07) is 11.4. The van der Waals surface area contributed by atoms with E-state index in [2.05, 4.69) is 0 Å². The summed E-state index contributed by atoms with van der Waals surface area (Å²) in [6.45, 7) is 3.95. The fraction of sp³-hybridized carbons (Fsp3) is 0.188. The highest BCUT2D eigenvalue weighted by Crippen LogP contribution is 2.38. The first kappa shape index (κ1) is 14.5. The molecule has 2 aromatic rings. The van der Waals surface area contributed by atoms with Crippen molar-refractivity contribution < 1.29 is 9.90 Å². The molecule has 0 saturated carbocycles. The van der Waals surface area contributed by atoms with Gasteiger partial charge in [0.1, 0.15) is 5.75 Å². The predicted octanol–water partition coefficient (Wildman–Crippen LogP) is 3.58. The van der Waals surface area contributed by atoms with Gasteiger partial charge in [-0.05, 0) is 35.4 Å². The molecule has 0 spiro atoms. The molecule has 0 bridgehead atoms. The second-order valence-electron chi connectivity index (χ2n) is 4.44. The van der Waals surface area contributed by atoms with Crippen molar-refractivity contribution in [1.29, 1.82) is 0 Å². The number of carbonyl (C=O) groups is 1. The van der Waals surface area contributed by atoms with E-state index in [9.17, 15) is 9.90 Å². The van der Waals surface area contributed by atoms with E-state index in [1.807, 2.05) is 44.2 Å². The molecule has 4 heteroatoms. The number of amides is 1. The van der Waals surface area contributed by atoms with Gasteiger partial charge >= 0.3 is 0 Å². The minimum Gasteiger partial charge on any atom is -0.507 e. The largest absolute Gasteiger partial charge is 0.507 e. The van der Waals surface area contributed by atoms with Crippen molar-refractivity contribution in [3.63, 3.8) is 0 Å². The third-order valence-corrected chi connectivity index (χ3v) is 4.22. The molecule has 20 heavy (non-hydrogen) atoms. The summed E-state index contributed by atoms with van der Waals surface area (Å²) in [5.41, 5.74) is 8.50. The molecule has 0 aliphatic carbocycles. The van der Waals surface area contributed by atoms with Crippen LogP contribution in [-0.4, -0.2) is 16.8 Å². The number of phenols is 1. The van der Waals surface area contributed by atoms with Gasteiger partial charge in [0.2, 0.25) is 0 Å². The van der Waals surface area contributed by atoms with Gasteiger partial charge in [-0.3, -0.25) is 4.79 Å². The zero-order valence-corrected chi connectivity index (χ0v) is 12.3. The highest BCUT2D eigenvalue weighted by molar-refractivity contribution is 7.99. The van der Waals surface area contributed by atoms with E-state index in [0.29, 0.717) is 0 Å². The molecule has 3 nitrogen and oxygen atoms in total. The number of benzene rings is 2. The average molecular weight is 287 g/mol. The number of rotatable bonds is 4. The third kappa shape index (κ3) is 2.65. The van der Waals surface area contributed by atoms with Crippen molar-refractivity contribution in [2.45, 2.75) is 18.7 Å². The van der Waals surface area contributed by atoms with E-state index in [4.69, 9.17) is 5.73 Å². The number of nitrogens with two attached hydrogens (primary N) is 1. The number of hydrogen-bond acceptors (Lipinski definition) is 3. The lowest BCUT2D eigenvalue weighted by molar-refractivity contribution is 0.0994. The minimum absolute atomic E-state index is 0.0575. The molecule has 0 aliphatic heterocycles. The number of hydrogen-bond donors (Lipinski definition) is 2. The molecule has 0 atom stereocenters. The van der Waals surface area contributed by atoms with Crippen LogP contribution in [0.25, 0.3) is 11.1 Å². The Morgan fingerprint density at radius 2 is 1.95 bits per heavy atom. The van der Waals surface area contributed by atoms with Crippen molar-refractivity contribution in [2.75, 3.05) is 5.75 Å². The second-order valence-corrected chi connectivity index (χ2v) is 5.71. The maximum Gasteiger partial charge on any atom is 0.253 e. The van der Waals surface area contributed by atoms with E-state index >= 15 is 0 Å². The third-order valence-electron chi connectivity index (χ3n) is 3.13. The van der Waals surface area contributed by atoms with Crippen LogP contribution in [0.5, 0.6) is 5.75 Å². The van der Waals surface area contributed by atoms with Crippen LogP contribution in [0.4, 0.5) is 0 Å². The summed E-state index contributed by atoms with van der Waals surface area (Å²) >= 11 is 1.52. The van der Waals surface area contributed by atoms with Crippen molar-refractivity contribution >= 4 is 17.7 Å². The quantitative estimate of drug-likeness (QED) is 0.845. The normalized spacial score (nSPS) is 10.5. The minimum atomic E-state index is -0.596. The van der Waals surface area contributed by atoms with E-state index in [-0.39, 0.29) is 11.3 Å². The van der Waals surface area contributed by atoms with E-state index < -0.39 is 5.91 Å². The second kappa shape index (κ2) is 6.01. The van der Waals surface area contributed by atoms with Crippen LogP contribution in [0.3, 0.4) is 0 Å². The SMILES string of the molecule is CCSc1c(C)c(-c2ccccc2)cc(O)c1C(N)=O. The molecule has 0 heterocycles. The van der Waals surface area contributed by atoms with Crippen molar-refractivity contribution in [3.05, 3.63) is 47.5 Å². The molecule has 2 rings (SSSR count). The smallest absolute Gasteiger partial charge is 0.253 e. The maximum absolute atomic E-state index is 11.6. The van der Waals surface area contributed by atoms with Crippen LogP contribution in [-0.2, 0) is 0 Å². The van der Waals surface area contributed by atoms with Crippen LogP contribution in [0, 0.1) is 6.92 Å². The molecule has 2 aromatic carbocycles. The zero-order valence-electron chi connectivity index (χ0n) is 11.5. The monoisotopic (exact) mass is 287 g/mol. The number of carbonyl (C=O) groups excluding carboxylic acids is 1. The molecule has 3 N–H and O–H groups in total. The highest BCUT2D eigenvalue weighted by Gasteiger charge is 2.19. The van der Waals surface area contributed by atoms with Crippen molar-refractivity contribution in [3.8, 4) is 16.9 Å². The predicted molar refractivity (Wildman–Crippen MR) is 83.2 cm³/mol. The van der Waals surface area contributed by atoms with Crippen molar-refractivity contribution in [2.24, 2.45) is 5.73 Å². The van der Waals surface area contributed by atoms with Gasteiger partial charge in [-0.15, -0.1) is 11.8 Å². The lowest BCUT2D eigenvalue weighted by atomic mass is 9.97. The molecule has 0 unspecified atom stereocenters. The summed E-state index contributed by atoms with van der Waals surface area (Å²) in [5, 5.41) is 10.1. The number of aromatic hydroxyl groups is 1. The maximum atomic E-state index is 11.6. The molecule has 0 radical (unpaired) electrons. The lowest BCUT2D eigenvalue weighted by Crippen LogP contribution is -2.13. The number of primary amides is 1. The Kier molecular flexibility index (Phi) is 4.35. The lowest BCUT2D eigenvalue weighted by Gasteiger charge is -2.16. The standard InChI is InChI=1S/C16H17NO2S/c1-3-20-15-10(2)12(11-7-5-4-6-8-11)9-13(18)14(15)16(17)19/h4-9,18H,3H2,1-2H3,(H2,17,19). The topological polar surface area (TPSA) is 63.3 Å². The summed E-state index contributed by atoms with van der Waals surface area (Å²) < 4.78 is 0. The Morgan fingerprint density at radius 1 is 1.30 bits per heavy atom. The molecule has 1 amide bonds. The first-order valence-electron chi connectivity index (χ1n) is 6.40. The van der Waals surface area contributed by atoms with Gasteiger partial charge < -0.3 is 10.8 Å². The van der Waals surface area contributed by atoms with E-state index in [1.54, 1.807) is 6.07 Å². The van der Waals surface area contributed by atoms with Crippen LogP contribution in [0.1, 0.15) is 22.8 Å². The van der Waals surface area contributed by atoms with Crippen LogP contribution < -0.4 is 5.73 Å². The Bertz CT molecular complexity index is 639. The van der Waals surface area contributed by atoms with Crippen LogP contribution in [0.2, 0.25) is 0 Å². The molecule has 104 valence electrons. The molecule has 0 aliphatic rings. The molecule has 0 saturated heterocycles. The molecular formula is C16H17NO2S. The Morgan fingerprint density at radius 3 is 2.50 bits per heavy atom. The Balaban J connectivity index is 2.70. The van der Waals surface area contributed by atoms with Crippen LogP contribution >= 0.6 is 11.8 Å². The first-order valence-corrected chi connectivity index (χ1v) is 7.39. The molecule has 0 fully saturated rings. The van der Waals surface area contributed by atoms with Gasteiger partial charge in [-0.1, -0.05) is 37.3 Å². The highest BCUT2D eigenvalue weighted by atomic mass is 32.2. The number of thioether (sulfide) groups is 1. The van der Waals surface area contributed by atoms with Gasteiger partial charge in [-0.2, -0.15) is 0 Å². The Labute approximate surface area is 122 Å².